The fraction of sp³-hybridized carbons (Fsp3) is 0.471. The molecule has 0 aromatic rings. The fourth-order valence-corrected chi connectivity index (χ4v) is 1.57. The van der Waals surface area contributed by atoms with Crippen molar-refractivity contribution in [3.05, 3.63) is 36.5 Å². The molecule has 0 aromatic carbocycles. The van der Waals surface area contributed by atoms with E-state index in [1.165, 1.54) is 13.0 Å². The van der Waals surface area contributed by atoms with Crippen molar-refractivity contribution in [3.63, 3.8) is 0 Å². The molecule has 0 saturated carbocycles. The van der Waals surface area contributed by atoms with E-state index in [9.17, 15) is 14.4 Å². The summed E-state index contributed by atoms with van der Waals surface area (Å²) in [7, 11) is 3.54. The van der Waals surface area contributed by atoms with Crippen LogP contribution in [0.15, 0.2) is 36.5 Å². The van der Waals surface area contributed by atoms with Crippen LogP contribution in [0.2, 0.25) is 0 Å². The number of nitrogens with one attached hydrogen (secondary N) is 1. The molecule has 1 saturated heterocycles. The number of carboxylic acids is 1. The van der Waals surface area contributed by atoms with Gasteiger partial charge in [-0.15, -0.1) is 6.58 Å². The quantitative estimate of drug-likeness (QED) is 0.249. The maximum atomic E-state index is 11.5. The van der Waals surface area contributed by atoms with Crippen molar-refractivity contribution < 1.29 is 24.2 Å². The molecule has 2 unspecified atom stereocenters. The zero-order valence-corrected chi connectivity index (χ0v) is 14.7. The first-order chi connectivity index (χ1) is 11.1. The number of aliphatic carboxylic acids is 1. The predicted octanol–water partition coefficient (Wildman–Crippen LogP) is 1.33. The Morgan fingerprint density at radius 3 is 2.38 bits per heavy atom. The maximum absolute atomic E-state index is 11.5. The molecule has 0 spiro atoms. The Labute approximate surface area is 142 Å². The van der Waals surface area contributed by atoms with Gasteiger partial charge in [-0.25, -0.2) is 9.59 Å². The molecular formula is C17H26N2O5. The van der Waals surface area contributed by atoms with E-state index in [1.807, 2.05) is 0 Å². The number of amides is 1. The molecule has 1 heterocycles. The molecule has 7 heteroatoms. The van der Waals surface area contributed by atoms with Crippen LogP contribution in [0.25, 0.3) is 0 Å². The molecule has 134 valence electrons. The van der Waals surface area contributed by atoms with E-state index in [0.717, 1.165) is 13.0 Å². The van der Waals surface area contributed by atoms with Gasteiger partial charge in [0.15, 0.2) is 6.23 Å². The molecule has 7 nitrogen and oxygen atoms in total. The third-order valence-corrected chi connectivity index (χ3v) is 3.37. The number of carbonyl (C=O) groups excluding carboxylic acids is 2. The lowest BCUT2D eigenvalue weighted by Crippen LogP contribution is -2.30. The van der Waals surface area contributed by atoms with Gasteiger partial charge in [0, 0.05) is 12.1 Å². The lowest BCUT2D eigenvalue weighted by molar-refractivity contribution is -0.150. The van der Waals surface area contributed by atoms with Gasteiger partial charge in [0.1, 0.15) is 0 Å². The van der Waals surface area contributed by atoms with Crippen molar-refractivity contribution in [2.45, 2.75) is 26.5 Å². The first kappa shape index (κ1) is 21.6. The lowest BCUT2D eigenvalue weighted by Gasteiger charge is -2.19. The van der Waals surface area contributed by atoms with Crippen LogP contribution in [0.1, 0.15) is 20.3 Å². The second-order valence-corrected chi connectivity index (χ2v) is 5.55. The highest BCUT2D eigenvalue weighted by atomic mass is 16.6. The monoisotopic (exact) mass is 338 g/mol. The highest BCUT2D eigenvalue weighted by molar-refractivity contribution is 5.94. The molecule has 2 atom stereocenters. The molecule has 1 amide bonds. The Kier molecular flexibility index (Phi) is 9.34. The predicted molar refractivity (Wildman–Crippen MR) is 91.1 cm³/mol. The Bertz CT molecular complexity index is 537. The SMILES string of the molecule is C=C(/C=C(\C)C(=O)OC(C)N(C)C)C(=O)O.C=CC1CCNC1=O. The zero-order valence-electron chi connectivity index (χ0n) is 14.7. The van der Waals surface area contributed by atoms with Crippen LogP contribution < -0.4 is 5.32 Å². The van der Waals surface area contributed by atoms with E-state index in [2.05, 4.69) is 18.5 Å². The summed E-state index contributed by atoms with van der Waals surface area (Å²) in [5.41, 5.74) is 0.0630. The van der Waals surface area contributed by atoms with Crippen molar-refractivity contribution >= 4 is 17.8 Å². The van der Waals surface area contributed by atoms with Crippen LogP contribution in [0, 0.1) is 5.92 Å². The topological polar surface area (TPSA) is 95.9 Å². The van der Waals surface area contributed by atoms with Gasteiger partial charge in [-0.3, -0.25) is 9.69 Å². The van der Waals surface area contributed by atoms with Crippen molar-refractivity contribution in [1.82, 2.24) is 10.2 Å². The molecule has 1 aliphatic rings. The minimum Gasteiger partial charge on any atom is -0.478 e. The van der Waals surface area contributed by atoms with Crippen LogP contribution in [-0.2, 0) is 19.1 Å². The Morgan fingerprint density at radius 1 is 1.46 bits per heavy atom. The van der Waals surface area contributed by atoms with Crippen LogP contribution in [0.3, 0.4) is 0 Å². The summed E-state index contributed by atoms with van der Waals surface area (Å²) in [5.74, 6) is -1.51. The third-order valence-electron chi connectivity index (χ3n) is 3.37. The van der Waals surface area contributed by atoms with E-state index >= 15 is 0 Å². The Hall–Kier alpha value is -2.41. The highest BCUT2D eigenvalue weighted by Gasteiger charge is 2.19. The second-order valence-electron chi connectivity index (χ2n) is 5.55. The number of hydrogen-bond donors (Lipinski definition) is 2. The van der Waals surface area contributed by atoms with Gasteiger partial charge >= 0.3 is 11.9 Å². The summed E-state index contributed by atoms with van der Waals surface area (Å²) < 4.78 is 5.04. The Balaban J connectivity index is 0.000000546. The average Bonchev–Trinajstić information content (AvgIpc) is 2.92. The van der Waals surface area contributed by atoms with Gasteiger partial charge in [0.25, 0.3) is 0 Å². The largest absolute Gasteiger partial charge is 0.478 e. The summed E-state index contributed by atoms with van der Waals surface area (Å²) in [6, 6.07) is 0. The lowest BCUT2D eigenvalue weighted by atomic mass is 10.1. The van der Waals surface area contributed by atoms with Crippen molar-refractivity contribution in [2.75, 3.05) is 20.6 Å². The summed E-state index contributed by atoms with van der Waals surface area (Å²) >= 11 is 0. The summed E-state index contributed by atoms with van der Waals surface area (Å²) in [6.07, 6.45) is 3.44. The number of nitrogens with zero attached hydrogens (tertiary/aromatic N) is 1. The van der Waals surface area contributed by atoms with Gasteiger partial charge < -0.3 is 15.2 Å². The third kappa shape index (κ3) is 7.73. The van der Waals surface area contributed by atoms with E-state index in [1.54, 1.807) is 32.0 Å². The molecule has 24 heavy (non-hydrogen) atoms. The van der Waals surface area contributed by atoms with E-state index in [4.69, 9.17) is 9.84 Å². The summed E-state index contributed by atoms with van der Waals surface area (Å²) in [6.45, 7) is 10.8. The van der Waals surface area contributed by atoms with Crippen LogP contribution in [-0.4, -0.2) is 54.7 Å². The van der Waals surface area contributed by atoms with Gasteiger partial charge in [0.05, 0.1) is 11.5 Å². The molecule has 0 bridgehead atoms. The van der Waals surface area contributed by atoms with Gasteiger partial charge in [-0.2, -0.15) is 0 Å². The molecule has 2 N–H and O–H groups in total. The zero-order chi connectivity index (χ0) is 18.9. The minimum atomic E-state index is -1.16. The van der Waals surface area contributed by atoms with Crippen molar-refractivity contribution in [3.8, 4) is 0 Å². The summed E-state index contributed by atoms with van der Waals surface area (Å²) in [4.78, 5) is 34.3. The molecule has 0 radical (unpaired) electrons. The number of ether oxygens (including phenoxy) is 1. The van der Waals surface area contributed by atoms with Crippen molar-refractivity contribution in [1.29, 1.82) is 0 Å². The maximum Gasteiger partial charge on any atom is 0.335 e. The molecular weight excluding hydrogens is 312 g/mol. The molecule has 1 fully saturated rings. The number of hydrogen-bond acceptors (Lipinski definition) is 5. The number of carboxylic acid groups (broad SMARTS) is 1. The van der Waals surface area contributed by atoms with Crippen LogP contribution in [0.4, 0.5) is 0 Å². The normalized spacial score (nSPS) is 18.1. The number of rotatable bonds is 6. The van der Waals surface area contributed by atoms with Gasteiger partial charge in [0.2, 0.25) is 5.91 Å². The van der Waals surface area contributed by atoms with Crippen molar-refractivity contribution in [2.24, 2.45) is 5.92 Å². The molecule has 0 aliphatic carbocycles. The number of carbonyl (C=O) groups is 3. The fourth-order valence-electron chi connectivity index (χ4n) is 1.57. The molecule has 1 rings (SSSR count). The number of esters is 1. The van der Waals surface area contributed by atoms with Gasteiger partial charge in [-0.05, 0) is 40.4 Å². The van der Waals surface area contributed by atoms with E-state index < -0.39 is 11.9 Å². The highest BCUT2D eigenvalue weighted by Crippen LogP contribution is 2.08. The first-order valence-corrected chi connectivity index (χ1v) is 7.48. The average molecular weight is 338 g/mol. The summed E-state index contributed by atoms with van der Waals surface area (Å²) in [5, 5.41) is 11.3. The first-order valence-electron chi connectivity index (χ1n) is 7.48. The van der Waals surface area contributed by atoms with Crippen LogP contribution in [0.5, 0.6) is 0 Å². The Morgan fingerprint density at radius 2 is 2.04 bits per heavy atom. The standard InChI is InChI=1S/C11H17NO4.C6H9NO/c1-7(10(13)14)6-8(2)11(15)16-9(3)12(4)5;1-2-5-3-4-7-6(5)8/h6,9H,1H2,2-5H3,(H,13,14);2,5H,1,3-4H2,(H,7,8)/b8-6+;. The van der Waals surface area contributed by atoms with Crippen LogP contribution >= 0.6 is 0 Å². The second kappa shape index (κ2) is 10.4. The smallest absolute Gasteiger partial charge is 0.335 e. The van der Waals surface area contributed by atoms with E-state index in [-0.39, 0.29) is 29.2 Å². The molecule has 1 aliphatic heterocycles. The molecule has 0 aromatic heterocycles. The minimum absolute atomic E-state index is 0.0787. The van der Waals surface area contributed by atoms with E-state index in [0.29, 0.717) is 0 Å². The van der Waals surface area contributed by atoms with Gasteiger partial charge in [-0.1, -0.05) is 12.7 Å².